The summed E-state index contributed by atoms with van der Waals surface area (Å²) < 4.78 is 5.25. The second kappa shape index (κ2) is 16.7. The van der Waals surface area contributed by atoms with E-state index in [1.165, 1.54) is 150 Å². The number of imidazole rings is 2. The molecule has 53 heavy (non-hydrogen) atoms. The van der Waals surface area contributed by atoms with E-state index < -0.39 is 0 Å². The lowest BCUT2D eigenvalue weighted by molar-refractivity contribution is 0.557. The average Bonchev–Trinajstić information content (AvgIpc) is 3.97. The van der Waals surface area contributed by atoms with Gasteiger partial charge in [0.15, 0.2) is 5.65 Å². The maximum atomic E-state index is 14.3. The fourth-order valence-electron chi connectivity index (χ4n) is 8.58. The zero-order valence-corrected chi connectivity index (χ0v) is 34.1. The van der Waals surface area contributed by atoms with Gasteiger partial charge in [0.1, 0.15) is 20.0 Å². The second-order valence-electron chi connectivity index (χ2n) is 15.5. The molecule has 0 amide bonds. The third-order valence-electron chi connectivity index (χ3n) is 11.5. The van der Waals surface area contributed by atoms with Gasteiger partial charge in [0.2, 0.25) is 0 Å². The van der Waals surface area contributed by atoms with Gasteiger partial charge in [-0.05, 0) is 49.9 Å². The van der Waals surface area contributed by atoms with E-state index in [1.54, 1.807) is 22.7 Å². The number of nitrogens with zero attached hydrogens (tertiary/aromatic N) is 4. The lowest BCUT2D eigenvalue weighted by atomic mass is 10.0. The maximum absolute atomic E-state index is 14.3. The van der Waals surface area contributed by atoms with E-state index >= 15 is 0 Å². The SMILES string of the molecule is CCCCCCCCCCCCc1cc2c(nc3c4ccc5c(=O)n6c7cc(CCCCCCCCCCCC)sc7nc6c6sc(c(=O)n23)c4c56)s1. The minimum Gasteiger partial charge on any atom is -0.268 e. The fourth-order valence-corrected chi connectivity index (χ4v) is 11.9. The Morgan fingerprint density at radius 2 is 0.925 bits per heavy atom. The summed E-state index contributed by atoms with van der Waals surface area (Å²) in [6.45, 7) is 4.55. The summed E-state index contributed by atoms with van der Waals surface area (Å²) in [7, 11) is 0. The molecule has 7 heterocycles. The van der Waals surface area contributed by atoms with Crippen molar-refractivity contribution in [2.75, 3.05) is 0 Å². The van der Waals surface area contributed by atoms with Crippen molar-refractivity contribution in [3.8, 4) is 0 Å². The van der Waals surface area contributed by atoms with E-state index in [1.807, 2.05) is 20.9 Å². The molecular formula is C44H54N4O2S3. The predicted octanol–water partition coefficient (Wildman–Crippen LogP) is 13.5. The molecule has 6 nitrogen and oxygen atoms in total. The zero-order chi connectivity index (χ0) is 36.3. The van der Waals surface area contributed by atoms with Gasteiger partial charge in [-0.2, -0.15) is 0 Å². The van der Waals surface area contributed by atoms with E-state index in [9.17, 15) is 9.59 Å². The summed E-state index contributed by atoms with van der Waals surface area (Å²) in [4.78, 5) is 43.0. The Hall–Kier alpha value is -3.14. The smallest absolute Gasteiger partial charge is 0.268 e. The first-order valence-electron chi connectivity index (χ1n) is 20.8. The van der Waals surface area contributed by atoms with Crippen molar-refractivity contribution in [3.05, 3.63) is 54.7 Å². The second-order valence-corrected chi connectivity index (χ2v) is 18.7. The molecule has 0 N–H and O–H groups in total. The number of unbranched alkanes of at least 4 members (excludes halogenated alkanes) is 18. The first-order chi connectivity index (χ1) is 26.1. The molecule has 8 aromatic rings. The summed E-state index contributed by atoms with van der Waals surface area (Å²) in [5.74, 6) is 0. The minimum absolute atomic E-state index is 0.0373. The van der Waals surface area contributed by atoms with Crippen molar-refractivity contribution < 1.29 is 0 Å². The normalized spacial score (nSPS) is 12.6. The van der Waals surface area contributed by atoms with Crippen LogP contribution in [0.2, 0.25) is 0 Å². The summed E-state index contributed by atoms with van der Waals surface area (Å²) >= 11 is 4.94. The van der Waals surface area contributed by atoms with Crippen LogP contribution < -0.4 is 11.1 Å². The highest BCUT2D eigenvalue weighted by Crippen LogP contribution is 2.43. The first kappa shape index (κ1) is 36.8. The summed E-state index contributed by atoms with van der Waals surface area (Å²) in [6, 6.07) is 8.35. The van der Waals surface area contributed by atoms with Crippen molar-refractivity contribution >= 4 is 96.9 Å². The van der Waals surface area contributed by atoms with Gasteiger partial charge in [0.25, 0.3) is 11.1 Å². The molecule has 0 unspecified atom stereocenters. The van der Waals surface area contributed by atoms with Crippen LogP contribution in [0.4, 0.5) is 0 Å². The first-order valence-corrected chi connectivity index (χ1v) is 23.3. The number of thiophene rings is 3. The highest BCUT2D eigenvalue weighted by atomic mass is 32.1. The molecule has 0 atom stereocenters. The molecule has 0 bridgehead atoms. The molecule has 280 valence electrons. The van der Waals surface area contributed by atoms with E-state index in [0.717, 1.165) is 54.4 Å². The molecule has 0 saturated heterocycles. The Bertz CT molecular complexity index is 2570. The van der Waals surface area contributed by atoms with Gasteiger partial charge in [0.05, 0.1) is 15.7 Å². The van der Waals surface area contributed by atoms with Crippen molar-refractivity contribution in [2.24, 2.45) is 0 Å². The molecule has 0 aliphatic heterocycles. The van der Waals surface area contributed by atoms with Crippen molar-refractivity contribution in [3.63, 3.8) is 0 Å². The largest absolute Gasteiger partial charge is 0.274 e. The Morgan fingerprint density at radius 1 is 0.491 bits per heavy atom. The topological polar surface area (TPSA) is 68.7 Å². The summed E-state index contributed by atoms with van der Waals surface area (Å²) in [5.41, 5.74) is 3.11. The van der Waals surface area contributed by atoms with E-state index in [0.29, 0.717) is 21.4 Å². The Morgan fingerprint density at radius 3 is 1.45 bits per heavy atom. The molecule has 8 rings (SSSR count). The predicted molar refractivity (Wildman–Crippen MR) is 231 cm³/mol. The monoisotopic (exact) mass is 766 g/mol. The van der Waals surface area contributed by atoms with E-state index in [-0.39, 0.29) is 11.1 Å². The van der Waals surface area contributed by atoms with Gasteiger partial charge in [-0.3, -0.25) is 18.4 Å². The van der Waals surface area contributed by atoms with Gasteiger partial charge in [-0.15, -0.1) is 34.0 Å². The number of aromatic nitrogens is 4. The number of pyridine rings is 2. The highest BCUT2D eigenvalue weighted by molar-refractivity contribution is 7.27. The Labute approximate surface area is 323 Å². The molecule has 0 fully saturated rings. The van der Waals surface area contributed by atoms with Crippen LogP contribution >= 0.6 is 34.0 Å². The molecule has 0 saturated carbocycles. The summed E-state index contributed by atoms with van der Waals surface area (Å²) in [5, 5.41) is 3.34. The number of rotatable bonds is 22. The molecule has 9 heteroatoms. The molecule has 7 aromatic heterocycles. The number of aryl methyl sites for hydroxylation is 2. The van der Waals surface area contributed by atoms with Crippen molar-refractivity contribution in [1.29, 1.82) is 0 Å². The zero-order valence-electron chi connectivity index (χ0n) is 31.7. The fraction of sp³-hybridized carbons (Fsp3) is 0.545. The lowest BCUT2D eigenvalue weighted by Gasteiger charge is -2.05. The Balaban J connectivity index is 0.997. The maximum Gasteiger partial charge on any atom is 0.274 e. The van der Waals surface area contributed by atoms with Crippen LogP contribution in [-0.4, -0.2) is 18.8 Å². The van der Waals surface area contributed by atoms with E-state index in [2.05, 4.69) is 26.0 Å². The molecule has 0 radical (unpaired) electrons. The standard InChI is InChI=1S/C44H54N4O2S3/c1-3-5-7-9-11-13-15-17-19-21-23-29-27-33-41(51-29)45-39-31-25-26-32-36-35(31)38(44(50)47(33)39)53-37(36)40-46-42-34(48(40)43(32)49)28-30(52-42)24-22-20-18-16-14-12-10-8-6-4-2/h25-28H,3-24H2,1-2H3. The lowest BCUT2D eigenvalue weighted by Crippen LogP contribution is -2.13. The van der Waals surface area contributed by atoms with Crippen LogP contribution in [0.3, 0.4) is 0 Å². The molecule has 0 aliphatic rings. The minimum atomic E-state index is -0.0480. The van der Waals surface area contributed by atoms with Gasteiger partial charge in [-0.25, -0.2) is 9.97 Å². The summed E-state index contributed by atoms with van der Waals surface area (Å²) in [6.07, 6.45) is 28.6. The van der Waals surface area contributed by atoms with Crippen LogP contribution in [0, 0.1) is 0 Å². The Kier molecular flexibility index (Phi) is 11.6. The van der Waals surface area contributed by atoms with Crippen molar-refractivity contribution in [1.82, 2.24) is 18.8 Å². The van der Waals surface area contributed by atoms with Crippen LogP contribution in [0.15, 0.2) is 33.9 Å². The number of fused-ring (bicyclic) bond motifs is 8. The average molecular weight is 767 g/mol. The van der Waals surface area contributed by atoms with Crippen LogP contribution in [0.1, 0.15) is 152 Å². The van der Waals surface area contributed by atoms with E-state index in [4.69, 9.17) is 9.97 Å². The third-order valence-corrected chi connectivity index (χ3v) is 14.8. The molecular weight excluding hydrogens is 713 g/mol. The molecule has 1 aromatic carbocycles. The number of benzene rings is 1. The quantitative estimate of drug-likeness (QED) is 0.0509. The van der Waals surface area contributed by atoms with Gasteiger partial charge in [-0.1, -0.05) is 129 Å². The van der Waals surface area contributed by atoms with Gasteiger partial charge < -0.3 is 0 Å². The van der Waals surface area contributed by atoms with Crippen LogP contribution in [-0.2, 0) is 12.8 Å². The highest BCUT2D eigenvalue weighted by Gasteiger charge is 2.26. The number of hydrogen-bond acceptors (Lipinski definition) is 7. The molecule has 0 spiro atoms. The third kappa shape index (κ3) is 7.22. The molecule has 0 aliphatic carbocycles. The van der Waals surface area contributed by atoms with Gasteiger partial charge >= 0.3 is 0 Å². The van der Waals surface area contributed by atoms with Crippen LogP contribution in [0.5, 0.6) is 0 Å². The van der Waals surface area contributed by atoms with Crippen molar-refractivity contribution in [2.45, 2.75) is 155 Å². The van der Waals surface area contributed by atoms with Gasteiger partial charge in [0, 0.05) is 31.3 Å². The van der Waals surface area contributed by atoms with Crippen LogP contribution in [0.25, 0.3) is 62.9 Å². The number of hydrogen-bond donors (Lipinski definition) is 0.